The highest BCUT2D eigenvalue weighted by Gasteiger charge is 2.55. The molecule has 9 heteroatoms. The number of guanidine groups is 1. The minimum atomic E-state index is -2.96. The minimum absolute atomic E-state index is 0.0477. The van der Waals surface area contributed by atoms with Crippen LogP contribution in [-0.4, -0.2) is 52.8 Å². The topological polar surface area (TPSA) is 89.0 Å². The molecule has 1 aliphatic carbocycles. The van der Waals surface area contributed by atoms with Crippen LogP contribution in [0.15, 0.2) is 71.2 Å². The molecule has 2 unspecified atom stereocenters. The number of amidine groups is 1. The zero-order chi connectivity index (χ0) is 22.3. The van der Waals surface area contributed by atoms with E-state index in [-0.39, 0.29) is 11.9 Å². The van der Waals surface area contributed by atoms with Crippen molar-refractivity contribution in [3.05, 3.63) is 72.3 Å². The predicted molar refractivity (Wildman–Crippen MR) is 118 cm³/mol. The van der Waals surface area contributed by atoms with Gasteiger partial charge in [-0.3, -0.25) is 9.89 Å². The van der Waals surface area contributed by atoms with Crippen molar-refractivity contribution < 1.29 is 13.5 Å². The normalized spacial score (nSPS) is 26.2. The van der Waals surface area contributed by atoms with E-state index in [1.807, 2.05) is 36.4 Å². The first-order chi connectivity index (χ1) is 15.4. The third-order valence-electron chi connectivity index (χ3n) is 6.04. The number of hydrogen-bond acceptors (Lipinski definition) is 7. The highest BCUT2D eigenvalue weighted by molar-refractivity contribution is 6.11. The van der Waals surface area contributed by atoms with Gasteiger partial charge in [0.15, 0.2) is 11.5 Å². The summed E-state index contributed by atoms with van der Waals surface area (Å²) in [7, 11) is 1.59. The fourth-order valence-corrected chi connectivity index (χ4v) is 4.55. The Morgan fingerprint density at radius 2 is 1.91 bits per heavy atom. The van der Waals surface area contributed by atoms with Gasteiger partial charge in [-0.05, 0) is 29.7 Å². The van der Waals surface area contributed by atoms with Gasteiger partial charge in [0, 0.05) is 23.9 Å². The van der Waals surface area contributed by atoms with Crippen LogP contribution in [0.3, 0.4) is 0 Å². The second-order valence-electron chi connectivity index (χ2n) is 8.04. The fraction of sp³-hybridized carbons (Fsp3) is 0.304. The van der Waals surface area contributed by atoms with E-state index in [0.29, 0.717) is 18.0 Å². The molecule has 2 aromatic rings. The highest BCUT2D eigenvalue weighted by atomic mass is 19.3. The van der Waals surface area contributed by atoms with Gasteiger partial charge in [-0.1, -0.05) is 30.4 Å². The number of fused-ring (bicyclic) bond motifs is 1. The van der Waals surface area contributed by atoms with Crippen molar-refractivity contribution in [2.75, 3.05) is 20.2 Å². The van der Waals surface area contributed by atoms with Crippen LogP contribution in [0, 0.1) is 5.92 Å². The number of nitrogens with zero attached hydrogens (tertiary/aromatic N) is 5. The summed E-state index contributed by atoms with van der Waals surface area (Å²) in [5.41, 5.74) is 7.79. The lowest BCUT2D eigenvalue weighted by atomic mass is 9.73. The van der Waals surface area contributed by atoms with Gasteiger partial charge in [-0.25, -0.2) is 23.7 Å². The zero-order valence-electron chi connectivity index (χ0n) is 17.4. The average Bonchev–Trinajstić information content (AvgIpc) is 3.11. The van der Waals surface area contributed by atoms with Gasteiger partial charge in [-0.2, -0.15) is 0 Å². The summed E-state index contributed by atoms with van der Waals surface area (Å²) in [5.74, 6) is -1.98. The summed E-state index contributed by atoms with van der Waals surface area (Å²) < 4.78 is 33.7. The van der Waals surface area contributed by atoms with Crippen LogP contribution >= 0.6 is 0 Å². The Kier molecular flexibility index (Phi) is 4.76. The van der Waals surface area contributed by atoms with Crippen LogP contribution in [0.1, 0.15) is 17.5 Å². The molecule has 0 saturated carbocycles. The number of benzene rings is 1. The van der Waals surface area contributed by atoms with Gasteiger partial charge in [0.05, 0.1) is 13.7 Å². The van der Waals surface area contributed by atoms with E-state index >= 15 is 0 Å². The number of hydrogen-bond donors (Lipinski definition) is 1. The smallest absolute Gasteiger partial charge is 0.284 e. The first-order valence-corrected chi connectivity index (χ1v) is 10.3. The van der Waals surface area contributed by atoms with E-state index in [9.17, 15) is 8.78 Å². The molecule has 1 aromatic carbocycles. The number of aromatic nitrogens is 2. The van der Waals surface area contributed by atoms with Gasteiger partial charge >= 0.3 is 0 Å². The summed E-state index contributed by atoms with van der Waals surface area (Å²) in [4.78, 5) is 18.7. The lowest BCUT2D eigenvalue weighted by Gasteiger charge is -2.39. The molecule has 3 heterocycles. The molecule has 164 valence electrons. The molecule has 3 aliphatic rings. The van der Waals surface area contributed by atoms with Crippen LogP contribution in [-0.2, 0) is 5.54 Å². The number of nitrogens with two attached hydrogens (primary N) is 1. The van der Waals surface area contributed by atoms with Gasteiger partial charge in [0.2, 0.25) is 0 Å². The van der Waals surface area contributed by atoms with Gasteiger partial charge in [-0.15, -0.1) is 0 Å². The van der Waals surface area contributed by atoms with Crippen molar-refractivity contribution in [3.63, 3.8) is 0 Å². The Bertz CT molecular complexity index is 1140. The third-order valence-corrected chi connectivity index (χ3v) is 6.04. The first-order valence-electron chi connectivity index (χ1n) is 10.3. The molecule has 0 fully saturated rings. The van der Waals surface area contributed by atoms with Crippen molar-refractivity contribution in [2.45, 2.75) is 17.9 Å². The predicted octanol–water partition coefficient (Wildman–Crippen LogP) is 3.02. The lowest BCUT2D eigenvalue weighted by Crippen LogP contribution is -2.54. The molecular weight excluding hydrogens is 414 g/mol. The van der Waals surface area contributed by atoms with Crippen molar-refractivity contribution in [1.82, 2.24) is 14.9 Å². The molecule has 32 heavy (non-hydrogen) atoms. The first kappa shape index (κ1) is 20.3. The Morgan fingerprint density at radius 1 is 1.16 bits per heavy atom. The molecule has 2 aliphatic heterocycles. The largest absolute Gasteiger partial charge is 0.497 e. The van der Waals surface area contributed by atoms with Gasteiger partial charge in [0.25, 0.3) is 5.92 Å². The van der Waals surface area contributed by atoms with E-state index in [0.717, 1.165) is 16.7 Å². The number of ether oxygens (including phenoxy) is 1. The van der Waals surface area contributed by atoms with Gasteiger partial charge < -0.3 is 10.5 Å². The zero-order valence-corrected chi connectivity index (χ0v) is 17.4. The Morgan fingerprint density at radius 3 is 2.62 bits per heavy atom. The fourth-order valence-electron chi connectivity index (χ4n) is 4.55. The standard InChI is InChI=1S/C23H22F2N6O/c1-32-19-7-5-17(6-8-19)23(20-29-12-22(24,25)13-31(20)21(26)30-23)18-4-2-3-15(9-18)16-10-27-14-28-11-16/h2-3,5-11,14,18H,4,12-13H2,1H3,(H2,26,30). The van der Waals surface area contributed by atoms with E-state index in [1.54, 1.807) is 19.5 Å². The van der Waals surface area contributed by atoms with Crippen LogP contribution < -0.4 is 10.5 Å². The molecule has 0 radical (unpaired) electrons. The molecule has 5 rings (SSSR count). The summed E-state index contributed by atoms with van der Waals surface area (Å²) in [6.45, 7) is -1.13. The molecule has 1 aromatic heterocycles. The maximum Gasteiger partial charge on any atom is 0.284 e. The summed E-state index contributed by atoms with van der Waals surface area (Å²) >= 11 is 0. The number of alkyl halides is 2. The maximum atomic E-state index is 14.2. The number of halogens is 2. The molecule has 0 amide bonds. The van der Waals surface area contributed by atoms with Gasteiger partial charge in [0.1, 0.15) is 24.5 Å². The molecule has 2 atom stereocenters. The van der Waals surface area contributed by atoms with Crippen molar-refractivity contribution in [1.29, 1.82) is 0 Å². The molecule has 7 nitrogen and oxygen atoms in total. The van der Waals surface area contributed by atoms with Crippen LogP contribution in [0.25, 0.3) is 5.57 Å². The lowest BCUT2D eigenvalue weighted by molar-refractivity contribution is -0.00477. The van der Waals surface area contributed by atoms with Crippen LogP contribution in [0.2, 0.25) is 0 Å². The summed E-state index contributed by atoms with van der Waals surface area (Å²) in [6.07, 6.45) is 11.7. The minimum Gasteiger partial charge on any atom is -0.497 e. The van der Waals surface area contributed by atoms with E-state index in [1.165, 1.54) is 11.2 Å². The van der Waals surface area contributed by atoms with E-state index in [4.69, 9.17) is 15.5 Å². The van der Waals surface area contributed by atoms with Crippen LogP contribution in [0.4, 0.5) is 8.78 Å². The molecule has 2 N–H and O–H groups in total. The van der Waals surface area contributed by atoms with Crippen molar-refractivity contribution >= 4 is 17.4 Å². The second kappa shape index (κ2) is 7.51. The number of allylic oxidation sites excluding steroid dienone is 3. The maximum absolute atomic E-state index is 14.2. The SMILES string of the molecule is COc1ccc(C2(C3C=C(c4cncnc4)C=CC3)N=C(N)N3CC(F)(F)CN=C32)cc1. The van der Waals surface area contributed by atoms with E-state index in [2.05, 4.69) is 21.0 Å². The quantitative estimate of drug-likeness (QED) is 0.796. The number of rotatable bonds is 4. The summed E-state index contributed by atoms with van der Waals surface area (Å²) in [6, 6.07) is 7.45. The Labute approximate surface area is 184 Å². The number of methoxy groups -OCH3 is 1. The monoisotopic (exact) mass is 436 g/mol. The summed E-state index contributed by atoms with van der Waals surface area (Å²) in [5, 5.41) is 0. The molecule has 0 saturated heterocycles. The molecular formula is C23H22F2N6O. The Hall–Kier alpha value is -3.62. The third kappa shape index (κ3) is 3.24. The number of aliphatic imine (C=N–C) groups is 2. The van der Waals surface area contributed by atoms with Crippen molar-refractivity contribution in [3.8, 4) is 5.75 Å². The Balaban J connectivity index is 1.67. The average molecular weight is 436 g/mol. The van der Waals surface area contributed by atoms with Crippen LogP contribution in [0.5, 0.6) is 5.75 Å². The highest BCUT2D eigenvalue weighted by Crippen LogP contribution is 2.47. The van der Waals surface area contributed by atoms with Crippen molar-refractivity contribution in [2.24, 2.45) is 21.6 Å². The second-order valence-corrected chi connectivity index (χ2v) is 8.04. The molecule has 0 spiro atoms. The molecule has 0 bridgehead atoms. The van der Waals surface area contributed by atoms with E-state index < -0.39 is 24.6 Å².